The minimum absolute atomic E-state index is 0.0350. The molecule has 1 N–H and O–H groups in total. The third kappa shape index (κ3) is 2.91. The summed E-state index contributed by atoms with van der Waals surface area (Å²) in [6, 6.07) is 0.512. The molecule has 1 fully saturated rings. The Balaban J connectivity index is 2.08. The number of nitrogens with one attached hydrogen (secondary N) is 1. The van der Waals surface area contributed by atoms with Gasteiger partial charge in [0.25, 0.3) is 0 Å². The molecule has 1 saturated carbocycles. The Bertz CT molecular complexity index is 381. The van der Waals surface area contributed by atoms with Gasteiger partial charge in [0.1, 0.15) is 0 Å². The number of aromatic nitrogens is 2. The summed E-state index contributed by atoms with van der Waals surface area (Å²) in [5.74, 6) is 2.05. The second kappa shape index (κ2) is 5.39. The molecule has 0 amide bonds. The topological polar surface area (TPSA) is 51.0 Å². The van der Waals surface area contributed by atoms with Crippen LogP contribution in [0.3, 0.4) is 0 Å². The molecule has 4 heteroatoms. The molecule has 0 spiro atoms. The first-order valence-corrected chi connectivity index (χ1v) is 7.10. The summed E-state index contributed by atoms with van der Waals surface area (Å²) in [4.78, 5) is 4.60. The van der Waals surface area contributed by atoms with Crippen molar-refractivity contribution >= 4 is 0 Å². The largest absolute Gasteiger partial charge is 0.339 e. The van der Waals surface area contributed by atoms with Crippen LogP contribution in [0.2, 0.25) is 0 Å². The van der Waals surface area contributed by atoms with Crippen molar-refractivity contribution in [3.63, 3.8) is 0 Å². The van der Waals surface area contributed by atoms with E-state index in [-0.39, 0.29) is 5.41 Å². The van der Waals surface area contributed by atoms with Gasteiger partial charge in [0.05, 0.1) is 5.92 Å². The van der Waals surface area contributed by atoms with Gasteiger partial charge in [-0.3, -0.25) is 0 Å². The highest BCUT2D eigenvalue weighted by atomic mass is 16.5. The summed E-state index contributed by atoms with van der Waals surface area (Å²) in [6.45, 7) is 9.61. The number of rotatable bonds is 4. The molecule has 102 valence electrons. The van der Waals surface area contributed by atoms with Gasteiger partial charge in [-0.05, 0) is 25.8 Å². The molecule has 4 nitrogen and oxygen atoms in total. The SMILES string of the molecule is CCCNC1CCCC1c1nc(C(C)(C)C)no1. The fraction of sp³-hybridized carbons (Fsp3) is 0.857. The maximum Gasteiger partial charge on any atom is 0.231 e. The Morgan fingerprint density at radius 2 is 2.11 bits per heavy atom. The highest BCUT2D eigenvalue weighted by Gasteiger charge is 2.33. The van der Waals surface area contributed by atoms with E-state index in [0.29, 0.717) is 12.0 Å². The van der Waals surface area contributed by atoms with Gasteiger partial charge in [0.2, 0.25) is 5.89 Å². The lowest BCUT2D eigenvalue weighted by Crippen LogP contribution is -2.32. The Labute approximate surface area is 110 Å². The van der Waals surface area contributed by atoms with E-state index in [4.69, 9.17) is 4.52 Å². The van der Waals surface area contributed by atoms with Gasteiger partial charge in [-0.1, -0.05) is 39.3 Å². The summed E-state index contributed by atoms with van der Waals surface area (Å²) in [7, 11) is 0. The van der Waals surface area contributed by atoms with E-state index in [2.05, 4.69) is 43.2 Å². The maximum absolute atomic E-state index is 5.48. The van der Waals surface area contributed by atoms with Crippen molar-refractivity contribution in [2.75, 3.05) is 6.54 Å². The van der Waals surface area contributed by atoms with Crippen LogP contribution in [0.1, 0.15) is 71.0 Å². The van der Waals surface area contributed by atoms with Crippen LogP contribution < -0.4 is 5.32 Å². The van der Waals surface area contributed by atoms with Crippen molar-refractivity contribution in [1.29, 1.82) is 0 Å². The lowest BCUT2D eigenvalue weighted by molar-refractivity contribution is 0.323. The monoisotopic (exact) mass is 251 g/mol. The second-order valence-corrected chi connectivity index (χ2v) is 6.30. The fourth-order valence-electron chi connectivity index (χ4n) is 2.52. The zero-order valence-corrected chi connectivity index (χ0v) is 12.0. The summed E-state index contributed by atoms with van der Waals surface area (Å²) in [5.41, 5.74) is -0.0350. The van der Waals surface area contributed by atoms with E-state index in [0.717, 1.165) is 24.7 Å². The third-order valence-electron chi connectivity index (χ3n) is 3.60. The van der Waals surface area contributed by atoms with Crippen molar-refractivity contribution < 1.29 is 4.52 Å². The van der Waals surface area contributed by atoms with E-state index in [1.54, 1.807) is 0 Å². The molecular weight excluding hydrogens is 226 g/mol. The zero-order valence-electron chi connectivity index (χ0n) is 12.0. The molecule has 2 atom stereocenters. The average molecular weight is 251 g/mol. The van der Waals surface area contributed by atoms with Crippen LogP contribution >= 0.6 is 0 Å². The van der Waals surface area contributed by atoms with Gasteiger partial charge in [-0.2, -0.15) is 4.98 Å². The van der Waals surface area contributed by atoms with Gasteiger partial charge in [-0.15, -0.1) is 0 Å². The predicted molar refractivity (Wildman–Crippen MR) is 71.7 cm³/mol. The van der Waals surface area contributed by atoms with Gasteiger partial charge < -0.3 is 9.84 Å². The highest BCUT2D eigenvalue weighted by molar-refractivity contribution is 5.06. The summed E-state index contributed by atoms with van der Waals surface area (Å²) < 4.78 is 5.48. The number of hydrogen-bond acceptors (Lipinski definition) is 4. The normalized spacial score (nSPS) is 24.7. The lowest BCUT2D eigenvalue weighted by Gasteiger charge is -2.17. The Morgan fingerprint density at radius 1 is 1.33 bits per heavy atom. The van der Waals surface area contributed by atoms with E-state index < -0.39 is 0 Å². The minimum Gasteiger partial charge on any atom is -0.339 e. The first-order valence-electron chi connectivity index (χ1n) is 7.10. The quantitative estimate of drug-likeness (QED) is 0.893. The molecule has 0 aliphatic heterocycles. The molecule has 2 rings (SSSR count). The fourth-order valence-corrected chi connectivity index (χ4v) is 2.52. The van der Waals surface area contributed by atoms with Gasteiger partial charge in [0, 0.05) is 11.5 Å². The highest BCUT2D eigenvalue weighted by Crippen LogP contribution is 2.34. The van der Waals surface area contributed by atoms with Crippen molar-refractivity contribution in [2.45, 2.75) is 70.8 Å². The summed E-state index contributed by atoms with van der Waals surface area (Å²) >= 11 is 0. The molecular formula is C14H25N3O. The Morgan fingerprint density at radius 3 is 2.72 bits per heavy atom. The summed E-state index contributed by atoms with van der Waals surface area (Å²) in [5, 5.41) is 7.73. The Kier molecular flexibility index (Phi) is 4.05. The van der Waals surface area contributed by atoms with Crippen molar-refractivity contribution in [2.24, 2.45) is 0 Å². The van der Waals surface area contributed by atoms with Crippen LogP contribution in [-0.2, 0) is 5.41 Å². The minimum atomic E-state index is -0.0350. The van der Waals surface area contributed by atoms with Crippen LogP contribution in [0, 0.1) is 0 Å². The van der Waals surface area contributed by atoms with Crippen molar-refractivity contribution in [3.8, 4) is 0 Å². The van der Waals surface area contributed by atoms with Gasteiger partial charge >= 0.3 is 0 Å². The molecule has 1 aliphatic carbocycles. The van der Waals surface area contributed by atoms with Crippen LogP contribution in [0.15, 0.2) is 4.52 Å². The van der Waals surface area contributed by atoms with E-state index >= 15 is 0 Å². The number of nitrogens with zero attached hydrogens (tertiary/aromatic N) is 2. The second-order valence-electron chi connectivity index (χ2n) is 6.30. The van der Waals surface area contributed by atoms with Gasteiger partial charge in [0.15, 0.2) is 5.82 Å². The Hall–Kier alpha value is -0.900. The standard InChI is InChI=1S/C14H25N3O/c1-5-9-15-11-8-6-7-10(11)12-16-13(17-18-12)14(2,3)4/h10-11,15H,5-9H2,1-4H3. The van der Waals surface area contributed by atoms with Crippen LogP contribution in [-0.4, -0.2) is 22.7 Å². The number of hydrogen-bond donors (Lipinski definition) is 1. The van der Waals surface area contributed by atoms with Crippen LogP contribution in [0.4, 0.5) is 0 Å². The predicted octanol–water partition coefficient (Wildman–Crippen LogP) is 3.00. The van der Waals surface area contributed by atoms with Crippen LogP contribution in [0.5, 0.6) is 0 Å². The third-order valence-corrected chi connectivity index (χ3v) is 3.60. The molecule has 2 unspecified atom stereocenters. The van der Waals surface area contributed by atoms with Crippen LogP contribution in [0.25, 0.3) is 0 Å². The average Bonchev–Trinajstić information content (AvgIpc) is 2.93. The first-order chi connectivity index (χ1) is 8.52. The molecule has 0 bridgehead atoms. The van der Waals surface area contributed by atoms with Crippen molar-refractivity contribution in [3.05, 3.63) is 11.7 Å². The van der Waals surface area contributed by atoms with E-state index in [1.807, 2.05) is 0 Å². The molecule has 0 radical (unpaired) electrons. The smallest absolute Gasteiger partial charge is 0.231 e. The zero-order chi connectivity index (χ0) is 13.2. The van der Waals surface area contributed by atoms with Crippen molar-refractivity contribution in [1.82, 2.24) is 15.5 Å². The maximum atomic E-state index is 5.48. The molecule has 1 aromatic heterocycles. The van der Waals surface area contributed by atoms with Gasteiger partial charge in [-0.25, -0.2) is 0 Å². The van der Waals surface area contributed by atoms with E-state index in [9.17, 15) is 0 Å². The molecule has 0 aromatic carbocycles. The lowest BCUT2D eigenvalue weighted by atomic mass is 9.96. The first kappa shape index (κ1) is 13.5. The van der Waals surface area contributed by atoms with E-state index in [1.165, 1.54) is 19.3 Å². The molecule has 1 aromatic rings. The molecule has 1 aliphatic rings. The molecule has 18 heavy (non-hydrogen) atoms. The molecule has 0 saturated heterocycles. The molecule has 1 heterocycles. The summed E-state index contributed by atoms with van der Waals surface area (Å²) in [6.07, 6.45) is 4.80.